The van der Waals surface area contributed by atoms with Gasteiger partial charge >= 0.3 is 0 Å². The molecule has 0 fully saturated rings. The van der Waals surface area contributed by atoms with Crippen molar-refractivity contribution in [3.8, 4) is 0 Å². The predicted octanol–water partition coefficient (Wildman–Crippen LogP) is 4.90. The third-order valence-electron chi connectivity index (χ3n) is 3.47. The Labute approximate surface area is 144 Å². The Kier molecular flexibility index (Phi) is 4.88. The van der Waals surface area contributed by atoms with Gasteiger partial charge in [-0.1, -0.05) is 40.2 Å². The van der Waals surface area contributed by atoms with Crippen LogP contribution in [-0.4, -0.2) is 9.97 Å². The average molecular weight is 369 g/mol. The molecular weight excluding hydrogens is 352 g/mol. The first-order valence-electron chi connectivity index (χ1n) is 7.35. The zero-order chi connectivity index (χ0) is 16.1. The Morgan fingerprint density at radius 3 is 2.57 bits per heavy atom. The Hall–Kier alpha value is -2.40. The van der Waals surface area contributed by atoms with Gasteiger partial charge in [-0.3, -0.25) is 0 Å². The summed E-state index contributed by atoms with van der Waals surface area (Å²) in [6.07, 6.45) is 1.74. The molecule has 0 amide bonds. The van der Waals surface area contributed by atoms with Crippen molar-refractivity contribution >= 4 is 33.4 Å². The van der Waals surface area contributed by atoms with Gasteiger partial charge in [0.1, 0.15) is 5.82 Å². The van der Waals surface area contributed by atoms with Crippen molar-refractivity contribution in [1.82, 2.24) is 9.97 Å². The summed E-state index contributed by atoms with van der Waals surface area (Å²) in [5.74, 6) is 1.37. The average Bonchev–Trinajstić information content (AvgIpc) is 2.57. The van der Waals surface area contributed by atoms with Crippen LogP contribution < -0.4 is 10.6 Å². The van der Waals surface area contributed by atoms with Gasteiger partial charge < -0.3 is 10.6 Å². The second kappa shape index (κ2) is 7.24. The van der Waals surface area contributed by atoms with Gasteiger partial charge in [-0.2, -0.15) is 4.98 Å². The van der Waals surface area contributed by atoms with Crippen LogP contribution in [0.15, 0.2) is 65.3 Å². The fraction of sp³-hybridized carbons (Fsp3) is 0.111. The van der Waals surface area contributed by atoms with Gasteiger partial charge in [0.25, 0.3) is 0 Å². The zero-order valence-corrected chi connectivity index (χ0v) is 14.3. The van der Waals surface area contributed by atoms with Crippen LogP contribution in [0.3, 0.4) is 0 Å². The number of nitrogens with one attached hydrogen (secondary N) is 2. The second-order valence-corrected chi connectivity index (χ2v) is 6.09. The minimum absolute atomic E-state index is 0.607. The van der Waals surface area contributed by atoms with Crippen LogP contribution in [0.25, 0.3) is 0 Å². The fourth-order valence-electron chi connectivity index (χ4n) is 2.18. The highest BCUT2D eigenvalue weighted by Gasteiger charge is 2.02. The van der Waals surface area contributed by atoms with E-state index in [4.69, 9.17) is 0 Å². The third-order valence-corrected chi connectivity index (χ3v) is 4.00. The maximum Gasteiger partial charge on any atom is 0.224 e. The van der Waals surface area contributed by atoms with Gasteiger partial charge in [0.05, 0.1) is 0 Å². The Balaban J connectivity index is 1.67. The molecule has 3 aromatic rings. The number of aryl methyl sites for hydroxylation is 1. The summed E-state index contributed by atoms with van der Waals surface area (Å²) >= 11 is 3.43. The second-order valence-electron chi connectivity index (χ2n) is 5.18. The van der Waals surface area contributed by atoms with E-state index in [-0.39, 0.29) is 0 Å². The molecule has 4 nitrogen and oxygen atoms in total. The Morgan fingerprint density at radius 1 is 1.00 bits per heavy atom. The molecule has 0 aliphatic heterocycles. The van der Waals surface area contributed by atoms with Gasteiger partial charge in [-0.05, 0) is 48.4 Å². The highest BCUT2D eigenvalue weighted by molar-refractivity contribution is 9.10. The molecule has 0 aliphatic carbocycles. The number of anilines is 3. The first kappa shape index (κ1) is 15.5. The number of rotatable bonds is 5. The van der Waals surface area contributed by atoms with Crippen LogP contribution >= 0.6 is 15.9 Å². The van der Waals surface area contributed by atoms with Crippen LogP contribution in [0.2, 0.25) is 0 Å². The van der Waals surface area contributed by atoms with Crippen molar-refractivity contribution in [2.75, 3.05) is 10.6 Å². The zero-order valence-electron chi connectivity index (χ0n) is 12.8. The van der Waals surface area contributed by atoms with Crippen molar-refractivity contribution in [3.63, 3.8) is 0 Å². The van der Waals surface area contributed by atoms with Crippen molar-refractivity contribution in [3.05, 3.63) is 76.4 Å². The molecule has 5 heteroatoms. The molecule has 116 valence electrons. The number of nitrogens with zero attached hydrogens (tertiary/aromatic N) is 2. The molecule has 0 spiro atoms. The monoisotopic (exact) mass is 368 g/mol. The lowest BCUT2D eigenvalue weighted by molar-refractivity contribution is 1.04. The van der Waals surface area contributed by atoms with Gasteiger partial charge in [0.15, 0.2) is 0 Å². The summed E-state index contributed by atoms with van der Waals surface area (Å²) < 4.78 is 1.05. The number of halogens is 1. The molecule has 0 saturated carbocycles. The van der Waals surface area contributed by atoms with E-state index >= 15 is 0 Å². The molecule has 0 radical (unpaired) electrons. The van der Waals surface area contributed by atoms with Crippen LogP contribution in [0, 0.1) is 6.92 Å². The molecule has 0 aliphatic rings. The van der Waals surface area contributed by atoms with Crippen LogP contribution in [0.4, 0.5) is 17.5 Å². The SMILES string of the molecule is Cc1ccccc1CNc1nccc(Nc2ccc(Br)cc2)n1. The molecular formula is C18H17BrN4. The van der Waals surface area contributed by atoms with E-state index in [0.717, 1.165) is 16.0 Å². The van der Waals surface area contributed by atoms with E-state index in [2.05, 4.69) is 55.6 Å². The molecule has 1 aromatic heterocycles. The van der Waals surface area contributed by atoms with E-state index in [0.29, 0.717) is 12.5 Å². The summed E-state index contributed by atoms with van der Waals surface area (Å²) in [5.41, 5.74) is 3.48. The summed E-state index contributed by atoms with van der Waals surface area (Å²) in [6.45, 7) is 2.80. The molecule has 23 heavy (non-hydrogen) atoms. The lowest BCUT2D eigenvalue weighted by Gasteiger charge is -2.10. The summed E-state index contributed by atoms with van der Waals surface area (Å²) in [6, 6.07) is 18.1. The van der Waals surface area contributed by atoms with Crippen molar-refractivity contribution in [2.24, 2.45) is 0 Å². The molecule has 1 heterocycles. The molecule has 0 saturated heterocycles. The van der Waals surface area contributed by atoms with Crippen molar-refractivity contribution in [2.45, 2.75) is 13.5 Å². The van der Waals surface area contributed by atoms with Crippen molar-refractivity contribution in [1.29, 1.82) is 0 Å². The highest BCUT2D eigenvalue weighted by atomic mass is 79.9. The topological polar surface area (TPSA) is 49.8 Å². The van der Waals surface area contributed by atoms with Crippen LogP contribution in [-0.2, 0) is 6.54 Å². The first-order valence-corrected chi connectivity index (χ1v) is 8.14. The van der Waals surface area contributed by atoms with Crippen LogP contribution in [0.1, 0.15) is 11.1 Å². The van der Waals surface area contributed by atoms with E-state index < -0.39 is 0 Å². The molecule has 0 bridgehead atoms. The Bertz CT molecular complexity index is 787. The molecule has 2 N–H and O–H groups in total. The quantitative estimate of drug-likeness (QED) is 0.672. The van der Waals surface area contributed by atoms with Gasteiger partial charge in [-0.15, -0.1) is 0 Å². The number of hydrogen-bond donors (Lipinski definition) is 2. The molecule has 0 unspecified atom stereocenters. The maximum absolute atomic E-state index is 4.49. The van der Waals surface area contributed by atoms with E-state index in [9.17, 15) is 0 Å². The number of benzene rings is 2. The number of aromatic nitrogens is 2. The first-order chi connectivity index (χ1) is 11.2. The number of hydrogen-bond acceptors (Lipinski definition) is 4. The molecule has 2 aromatic carbocycles. The highest BCUT2D eigenvalue weighted by Crippen LogP contribution is 2.18. The molecule has 3 rings (SSSR count). The lowest BCUT2D eigenvalue weighted by Crippen LogP contribution is -2.05. The maximum atomic E-state index is 4.49. The summed E-state index contributed by atoms with van der Waals surface area (Å²) in [4.78, 5) is 8.76. The summed E-state index contributed by atoms with van der Waals surface area (Å²) in [7, 11) is 0. The standard InChI is InChI=1S/C18H17BrN4/c1-13-4-2-3-5-14(13)12-21-18-20-11-10-17(23-18)22-16-8-6-15(19)7-9-16/h2-11H,12H2,1H3,(H2,20,21,22,23). The van der Waals surface area contributed by atoms with Gasteiger partial charge in [-0.25, -0.2) is 4.98 Å². The lowest BCUT2D eigenvalue weighted by atomic mass is 10.1. The Morgan fingerprint density at radius 2 is 1.78 bits per heavy atom. The largest absolute Gasteiger partial charge is 0.350 e. The van der Waals surface area contributed by atoms with E-state index in [1.54, 1.807) is 6.20 Å². The minimum atomic E-state index is 0.607. The van der Waals surface area contributed by atoms with E-state index in [1.807, 2.05) is 42.5 Å². The summed E-state index contributed by atoms with van der Waals surface area (Å²) in [5, 5.41) is 6.54. The normalized spacial score (nSPS) is 10.3. The molecule has 0 atom stereocenters. The smallest absolute Gasteiger partial charge is 0.224 e. The third kappa shape index (κ3) is 4.29. The van der Waals surface area contributed by atoms with E-state index in [1.165, 1.54) is 11.1 Å². The van der Waals surface area contributed by atoms with Gasteiger partial charge in [0, 0.05) is 22.9 Å². The fourth-order valence-corrected chi connectivity index (χ4v) is 2.44. The predicted molar refractivity (Wildman–Crippen MR) is 98.0 cm³/mol. The van der Waals surface area contributed by atoms with Crippen LogP contribution in [0.5, 0.6) is 0 Å². The van der Waals surface area contributed by atoms with Crippen molar-refractivity contribution < 1.29 is 0 Å². The van der Waals surface area contributed by atoms with Gasteiger partial charge in [0.2, 0.25) is 5.95 Å². The minimum Gasteiger partial charge on any atom is -0.350 e.